The Labute approximate surface area is 57.6 Å². The Morgan fingerprint density at radius 3 is 3.00 bits per heavy atom. The Kier molecular flexibility index (Phi) is 2.01. The van der Waals surface area contributed by atoms with Crippen LogP contribution in [0.1, 0.15) is 4.88 Å². The molecule has 48 valence electrons. The van der Waals surface area contributed by atoms with E-state index in [4.69, 9.17) is 0 Å². The summed E-state index contributed by atoms with van der Waals surface area (Å²) in [4.78, 5) is 1.03. The molecular weight excluding hydrogens is 135 g/mol. The minimum Gasteiger partial charge on any atom is -0.212 e. The fourth-order valence-electron chi connectivity index (χ4n) is 0.602. The number of halogens is 1. The lowest BCUT2D eigenvalue weighted by Gasteiger charge is -1.87. The van der Waals surface area contributed by atoms with Gasteiger partial charge in [-0.25, -0.2) is 4.39 Å². The molecule has 2 heteroatoms. The van der Waals surface area contributed by atoms with E-state index in [1.54, 1.807) is 11.3 Å². The molecule has 0 unspecified atom stereocenters. The van der Waals surface area contributed by atoms with Crippen LogP contribution in [-0.4, -0.2) is 0 Å². The van der Waals surface area contributed by atoms with Crippen molar-refractivity contribution in [3.8, 4) is 0 Å². The Balaban J connectivity index is 2.58. The zero-order valence-electron chi connectivity index (χ0n) is 4.93. The number of rotatable bonds is 2. The number of hydrogen-bond acceptors (Lipinski definition) is 1. The second kappa shape index (κ2) is 2.78. The van der Waals surface area contributed by atoms with E-state index in [2.05, 4.69) is 6.58 Å². The Hall–Kier alpha value is -0.630. The van der Waals surface area contributed by atoms with Crippen LogP contribution < -0.4 is 0 Å². The normalized spacial score (nSPS) is 9.44. The van der Waals surface area contributed by atoms with Gasteiger partial charge in [-0.3, -0.25) is 0 Å². The molecule has 0 saturated carbocycles. The van der Waals surface area contributed by atoms with Crippen molar-refractivity contribution in [1.82, 2.24) is 0 Å². The summed E-state index contributed by atoms with van der Waals surface area (Å²) in [5.74, 6) is -0.266. The van der Waals surface area contributed by atoms with Gasteiger partial charge in [-0.15, -0.1) is 11.3 Å². The van der Waals surface area contributed by atoms with Gasteiger partial charge >= 0.3 is 0 Å². The van der Waals surface area contributed by atoms with Gasteiger partial charge in [0, 0.05) is 11.3 Å². The Bertz CT molecular complexity index is 189. The van der Waals surface area contributed by atoms with Crippen molar-refractivity contribution < 1.29 is 4.39 Å². The third-order valence-corrected chi connectivity index (χ3v) is 1.82. The summed E-state index contributed by atoms with van der Waals surface area (Å²) in [6, 6.07) is 3.80. The Morgan fingerprint density at radius 1 is 1.78 bits per heavy atom. The molecule has 9 heavy (non-hydrogen) atoms. The average molecular weight is 142 g/mol. The molecule has 0 N–H and O–H groups in total. The quantitative estimate of drug-likeness (QED) is 0.595. The number of allylic oxidation sites excluding steroid dienone is 1. The highest BCUT2D eigenvalue weighted by atomic mass is 32.1. The topological polar surface area (TPSA) is 0 Å². The minimum absolute atomic E-state index is 0.266. The van der Waals surface area contributed by atoms with Crippen molar-refractivity contribution in [3.63, 3.8) is 0 Å². The lowest BCUT2D eigenvalue weighted by molar-refractivity contribution is 0.619. The van der Waals surface area contributed by atoms with Crippen molar-refractivity contribution in [2.75, 3.05) is 0 Å². The summed E-state index contributed by atoms with van der Waals surface area (Å²) < 4.78 is 12.1. The predicted octanol–water partition coefficient (Wildman–Crippen LogP) is 2.77. The van der Waals surface area contributed by atoms with Crippen molar-refractivity contribution in [1.29, 1.82) is 0 Å². The molecule has 0 bridgehead atoms. The highest BCUT2D eigenvalue weighted by Crippen LogP contribution is 2.12. The van der Waals surface area contributed by atoms with Crippen LogP contribution in [0.15, 0.2) is 29.9 Å². The molecular formula is C7H7FS. The second-order valence-electron chi connectivity index (χ2n) is 1.77. The molecule has 0 nitrogen and oxygen atoms in total. The maximum atomic E-state index is 12.1. The van der Waals surface area contributed by atoms with Crippen molar-refractivity contribution >= 4 is 11.3 Å². The van der Waals surface area contributed by atoms with Gasteiger partial charge in [0.15, 0.2) is 0 Å². The summed E-state index contributed by atoms with van der Waals surface area (Å²) in [7, 11) is 0. The largest absolute Gasteiger partial charge is 0.212 e. The number of hydrogen-bond donors (Lipinski definition) is 0. The van der Waals surface area contributed by atoms with E-state index in [-0.39, 0.29) is 5.83 Å². The van der Waals surface area contributed by atoms with E-state index in [1.165, 1.54) is 0 Å². The summed E-state index contributed by atoms with van der Waals surface area (Å²) in [6.07, 6.45) is 0.373. The molecule has 0 saturated heterocycles. The molecule has 0 amide bonds. The first kappa shape index (κ1) is 6.49. The van der Waals surface area contributed by atoms with Crippen LogP contribution in [-0.2, 0) is 6.42 Å². The van der Waals surface area contributed by atoms with E-state index in [1.807, 2.05) is 17.5 Å². The maximum absolute atomic E-state index is 12.1. The molecule has 0 aliphatic carbocycles. The Morgan fingerprint density at radius 2 is 2.56 bits per heavy atom. The van der Waals surface area contributed by atoms with Gasteiger partial charge in [-0.1, -0.05) is 12.6 Å². The van der Waals surface area contributed by atoms with Gasteiger partial charge in [0.25, 0.3) is 0 Å². The smallest absolute Gasteiger partial charge is 0.0980 e. The van der Waals surface area contributed by atoms with Gasteiger partial charge in [-0.05, 0) is 11.4 Å². The summed E-state index contributed by atoms with van der Waals surface area (Å²) >= 11 is 1.55. The molecule has 1 heterocycles. The molecule has 0 aromatic carbocycles. The maximum Gasteiger partial charge on any atom is 0.0980 e. The van der Waals surface area contributed by atoms with Crippen LogP contribution in [0.3, 0.4) is 0 Å². The third kappa shape index (κ3) is 1.98. The molecule has 0 radical (unpaired) electrons. The van der Waals surface area contributed by atoms with E-state index in [0.29, 0.717) is 6.42 Å². The van der Waals surface area contributed by atoms with E-state index < -0.39 is 0 Å². The lowest BCUT2D eigenvalue weighted by atomic mass is 10.3. The molecule has 1 rings (SSSR count). The SMILES string of the molecule is C=C(F)Cc1cccs1. The van der Waals surface area contributed by atoms with Crippen LogP contribution in [0.5, 0.6) is 0 Å². The molecule has 0 atom stereocenters. The van der Waals surface area contributed by atoms with Gasteiger partial charge in [-0.2, -0.15) is 0 Å². The van der Waals surface area contributed by atoms with Gasteiger partial charge in [0.05, 0.1) is 5.83 Å². The van der Waals surface area contributed by atoms with Crippen LogP contribution in [0, 0.1) is 0 Å². The van der Waals surface area contributed by atoms with E-state index in [9.17, 15) is 4.39 Å². The molecule has 1 aromatic heterocycles. The average Bonchev–Trinajstić information content (AvgIpc) is 2.15. The van der Waals surface area contributed by atoms with Crippen molar-refractivity contribution in [2.45, 2.75) is 6.42 Å². The molecule has 0 aliphatic rings. The summed E-state index contributed by atoms with van der Waals surface area (Å²) in [5.41, 5.74) is 0. The zero-order valence-corrected chi connectivity index (χ0v) is 5.75. The van der Waals surface area contributed by atoms with Crippen molar-refractivity contribution in [3.05, 3.63) is 34.8 Å². The van der Waals surface area contributed by atoms with E-state index >= 15 is 0 Å². The third-order valence-electron chi connectivity index (χ3n) is 0.946. The molecule has 0 aliphatic heterocycles. The first-order valence-electron chi connectivity index (χ1n) is 2.64. The second-order valence-corrected chi connectivity index (χ2v) is 2.81. The number of thiophene rings is 1. The van der Waals surface area contributed by atoms with Crippen molar-refractivity contribution in [2.24, 2.45) is 0 Å². The fourth-order valence-corrected chi connectivity index (χ4v) is 1.33. The zero-order chi connectivity index (χ0) is 6.69. The van der Waals surface area contributed by atoms with Gasteiger partial charge in [0.1, 0.15) is 0 Å². The van der Waals surface area contributed by atoms with Crippen LogP contribution in [0.4, 0.5) is 4.39 Å². The van der Waals surface area contributed by atoms with Crippen LogP contribution in [0.25, 0.3) is 0 Å². The summed E-state index contributed by atoms with van der Waals surface area (Å²) in [5, 5.41) is 1.93. The summed E-state index contributed by atoms with van der Waals surface area (Å²) in [6.45, 7) is 3.17. The first-order chi connectivity index (χ1) is 4.29. The standard InChI is InChI=1S/C7H7FS/c1-6(8)5-7-3-2-4-9-7/h2-4H,1,5H2. The van der Waals surface area contributed by atoms with Gasteiger partial charge < -0.3 is 0 Å². The predicted molar refractivity (Wildman–Crippen MR) is 38.3 cm³/mol. The minimum atomic E-state index is -0.266. The fraction of sp³-hybridized carbons (Fsp3) is 0.143. The van der Waals surface area contributed by atoms with E-state index in [0.717, 1.165) is 4.88 Å². The molecule has 0 fully saturated rings. The highest BCUT2D eigenvalue weighted by Gasteiger charge is 1.94. The highest BCUT2D eigenvalue weighted by molar-refractivity contribution is 7.09. The van der Waals surface area contributed by atoms with Crippen LogP contribution >= 0.6 is 11.3 Å². The molecule has 1 aromatic rings. The first-order valence-corrected chi connectivity index (χ1v) is 3.52. The van der Waals surface area contributed by atoms with Gasteiger partial charge in [0.2, 0.25) is 0 Å². The lowest BCUT2D eigenvalue weighted by Crippen LogP contribution is -1.75. The van der Waals surface area contributed by atoms with Crippen LogP contribution in [0.2, 0.25) is 0 Å². The molecule has 0 spiro atoms. The monoisotopic (exact) mass is 142 g/mol.